The van der Waals surface area contributed by atoms with Gasteiger partial charge in [0.2, 0.25) is 10.0 Å². The maximum atomic E-state index is 12.6. The summed E-state index contributed by atoms with van der Waals surface area (Å²) in [6.45, 7) is 1.77. The van der Waals surface area contributed by atoms with E-state index in [9.17, 15) is 8.42 Å². The van der Waals surface area contributed by atoms with Gasteiger partial charge in [0.05, 0.1) is 9.92 Å². The van der Waals surface area contributed by atoms with Crippen molar-refractivity contribution >= 4 is 32.4 Å². The summed E-state index contributed by atoms with van der Waals surface area (Å²) in [6, 6.07) is 14.1. The third kappa shape index (κ3) is 5.17. The molecule has 142 valence electrons. The molecule has 0 aliphatic rings. The Hall–Kier alpha value is -2.19. The van der Waals surface area contributed by atoms with Gasteiger partial charge in [-0.2, -0.15) is 0 Å². The molecule has 3 rings (SSSR count). The van der Waals surface area contributed by atoms with E-state index in [0.717, 1.165) is 5.39 Å². The van der Waals surface area contributed by atoms with Crippen molar-refractivity contribution in [2.24, 2.45) is 0 Å². The van der Waals surface area contributed by atoms with Crippen LogP contribution in [0.2, 0.25) is 5.02 Å². The molecule has 27 heavy (non-hydrogen) atoms. The van der Waals surface area contributed by atoms with Gasteiger partial charge in [-0.05, 0) is 24.3 Å². The van der Waals surface area contributed by atoms with Gasteiger partial charge in [0.15, 0.2) is 0 Å². The predicted octanol–water partition coefficient (Wildman–Crippen LogP) is 2.84. The molecule has 0 spiro atoms. The van der Waals surface area contributed by atoms with Crippen molar-refractivity contribution in [1.82, 2.24) is 15.0 Å². The van der Waals surface area contributed by atoms with Crippen molar-refractivity contribution in [1.29, 1.82) is 0 Å². The normalized spacial score (nSPS) is 11.6. The van der Waals surface area contributed by atoms with Crippen LogP contribution >= 0.6 is 11.6 Å². The molecule has 2 N–H and O–H groups in total. The van der Waals surface area contributed by atoms with Gasteiger partial charge in [-0.15, -0.1) is 0 Å². The van der Waals surface area contributed by atoms with Crippen LogP contribution in [0.1, 0.15) is 0 Å². The van der Waals surface area contributed by atoms with Crippen molar-refractivity contribution in [2.75, 3.05) is 26.2 Å². The number of benzene rings is 2. The monoisotopic (exact) mass is 405 g/mol. The first-order valence-corrected chi connectivity index (χ1v) is 10.3. The van der Waals surface area contributed by atoms with Gasteiger partial charge < -0.3 is 10.1 Å². The second-order valence-electron chi connectivity index (χ2n) is 5.78. The van der Waals surface area contributed by atoms with Crippen molar-refractivity contribution < 1.29 is 13.2 Å². The molecule has 0 saturated heterocycles. The van der Waals surface area contributed by atoms with E-state index in [1.165, 1.54) is 0 Å². The Bertz CT molecular complexity index is 1010. The van der Waals surface area contributed by atoms with Crippen LogP contribution in [0, 0.1) is 0 Å². The van der Waals surface area contributed by atoms with E-state index < -0.39 is 10.0 Å². The molecule has 0 aliphatic carbocycles. The molecular formula is C19H20ClN3O3S. The zero-order chi connectivity index (χ0) is 19.1. The highest BCUT2D eigenvalue weighted by atomic mass is 35.5. The number of para-hydroxylation sites is 1. The van der Waals surface area contributed by atoms with Gasteiger partial charge in [0.25, 0.3) is 0 Å². The average molecular weight is 406 g/mol. The summed E-state index contributed by atoms with van der Waals surface area (Å²) in [5.41, 5.74) is 0. The standard InChI is InChI=1S/C19H20ClN3O3S/c20-17-5-1-2-6-18(17)26-13-12-21-10-11-23-27(24,25)19-7-3-4-15-14-22-9-8-16(15)19/h1-9,14,21,23H,10-13H2. The number of hydrogen-bond acceptors (Lipinski definition) is 5. The molecule has 2 aromatic carbocycles. The number of pyridine rings is 1. The molecule has 0 amide bonds. The van der Waals surface area contributed by atoms with Gasteiger partial charge in [0, 0.05) is 42.8 Å². The Balaban J connectivity index is 1.45. The summed E-state index contributed by atoms with van der Waals surface area (Å²) in [5.74, 6) is 0.632. The van der Waals surface area contributed by atoms with Gasteiger partial charge in [-0.3, -0.25) is 4.98 Å². The van der Waals surface area contributed by atoms with Crippen LogP contribution in [0.5, 0.6) is 5.75 Å². The number of sulfonamides is 1. The predicted molar refractivity (Wildman–Crippen MR) is 107 cm³/mol. The minimum Gasteiger partial charge on any atom is -0.491 e. The summed E-state index contributed by atoms with van der Waals surface area (Å²) < 4.78 is 33.3. The number of nitrogens with one attached hydrogen (secondary N) is 2. The molecule has 0 saturated carbocycles. The highest BCUT2D eigenvalue weighted by molar-refractivity contribution is 7.89. The lowest BCUT2D eigenvalue weighted by Gasteiger charge is -2.11. The van der Waals surface area contributed by atoms with Crippen LogP contribution in [-0.2, 0) is 10.0 Å². The first-order chi connectivity index (χ1) is 13.1. The summed E-state index contributed by atoms with van der Waals surface area (Å²) in [6.07, 6.45) is 3.23. The molecule has 6 nitrogen and oxygen atoms in total. The minimum atomic E-state index is -3.59. The van der Waals surface area contributed by atoms with E-state index in [1.807, 2.05) is 18.2 Å². The number of hydrogen-bond donors (Lipinski definition) is 2. The van der Waals surface area contributed by atoms with E-state index in [4.69, 9.17) is 16.3 Å². The molecule has 0 atom stereocenters. The Labute approximate surface area is 163 Å². The van der Waals surface area contributed by atoms with Crippen molar-refractivity contribution in [3.63, 3.8) is 0 Å². The lowest BCUT2D eigenvalue weighted by molar-refractivity contribution is 0.315. The number of nitrogens with zero attached hydrogens (tertiary/aromatic N) is 1. The van der Waals surface area contributed by atoms with Gasteiger partial charge in [0.1, 0.15) is 12.4 Å². The van der Waals surface area contributed by atoms with Gasteiger partial charge in [-0.1, -0.05) is 35.9 Å². The van der Waals surface area contributed by atoms with Gasteiger partial charge in [-0.25, -0.2) is 13.1 Å². The molecule has 1 heterocycles. The number of aromatic nitrogens is 1. The number of rotatable bonds is 9. The zero-order valence-electron chi connectivity index (χ0n) is 14.6. The minimum absolute atomic E-state index is 0.254. The lowest BCUT2D eigenvalue weighted by Crippen LogP contribution is -2.33. The molecule has 0 fully saturated rings. The van der Waals surface area contributed by atoms with Crippen LogP contribution in [0.25, 0.3) is 10.8 Å². The fraction of sp³-hybridized carbons (Fsp3) is 0.211. The van der Waals surface area contributed by atoms with E-state index >= 15 is 0 Å². The van der Waals surface area contributed by atoms with Crippen molar-refractivity contribution in [3.8, 4) is 5.75 Å². The van der Waals surface area contributed by atoms with E-state index in [2.05, 4.69) is 15.0 Å². The first-order valence-electron chi connectivity index (χ1n) is 8.48. The molecular weight excluding hydrogens is 386 g/mol. The highest BCUT2D eigenvalue weighted by Gasteiger charge is 2.16. The molecule has 1 aromatic heterocycles. The van der Waals surface area contributed by atoms with Crippen LogP contribution in [0.15, 0.2) is 65.8 Å². The van der Waals surface area contributed by atoms with Crippen LogP contribution < -0.4 is 14.8 Å². The number of halogens is 1. The maximum Gasteiger partial charge on any atom is 0.241 e. The Morgan fingerprint density at radius 1 is 1.00 bits per heavy atom. The number of fused-ring (bicyclic) bond motifs is 1. The molecule has 0 unspecified atom stereocenters. The first kappa shape index (κ1) is 19.6. The zero-order valence-corrected chi connectivity index (χ0v) is 16.1. The second-order valence-corrected chi connectivity index (χ2v) is 7.92. The molecule has 3 aromatic rings. The smallest absolute Gasteiger partial charge is 0.241 e. The quantitative estimate of drug-likeness (QED) is 0.535. The Kier molecular flexibility index (Phi) is 6.63. The lowest BCUT2D eigenvalue weighted by atomic mass is 10.2. The molecule has 0 bridgehead atoms. The SMILES string of the molecule is O=S(=O)(NCCNCCOc1ccccc1Cl)c1cccc2cnccc12. The van der Waals surface area contributed by atoms with Crippen molar-refractivity contribution in [3.05, 3.63) is 65.9 Å². The van der Waals surface area contributed by atoms with E-state index in [0.29, 0.717) is 35.9 Å². The third-order valence-electron chi connectivity index (χ3n) is 3.90. The maximum absolute atomic E-state index is 12.6. The van der Waals surface area contributed by atoms with Crippen LogP contribution in [-0.4, -0.2) is 39.6 Å². The number of ether oxygens (including phenoxy) is 1. The van der Waals surface area contributed by atoms with E-state index in [1.54, 1.807) is 42.7 Å². The third-order valence-corrected chi connectivity index (χ3v) is 5.73. The largest absolute Gasteiger partial charge is 0.491 e. The molecule has 8 heteroatoms. The topological polar surface area (TPSA) is 80.3 Å². The van der Waals surface area contributed by atoms with Crippen LogP contribution in [0.3, 0.4) is 0 Å². The highest BCUT2D eigenvalue weighted by Crippen LogP contribution is 2.23. The summed E-state index contributed by atoms with van der Waals surface area (Å²) in [4.78, 5) is 4.28. The fourth-order valence-corrected chi connectivity index (χ4v) is 4.05. The summed E-state index contributed by atoms with van der Waals surface area (Å²) >= 11 is 6.01. The summed E-state index contributed by atoms with van der Waals surface area (Å²) in [5, 5.41) is 5.14. The second kappa shape index (κ2) is 9.14. The summed E-state index contributed by atoms with van der Waals surface area (Å²) in [7, 11) is -3.59. The average Bonchev–Trinajstić information content (AvgIpc) is 2.68. The molecule has 0 radical (unpaired) electrons. The van der Waals surface area contributed by atoms with Crippen LogP contribution in [0.4, 0.5) is 0 Å². The van der Waals surface area contributed by atoms with Gasteiger partial charge >= 0.3 is 0 Å². The molecule has 0 aliphatic heterocycles. The van der Waals surface area contributed by atoms with E-state index in [-0.39, 0.29) is 11.4 Å². The Morgan fingerprint density at radius 2 is 1.85 bits per heavy atom. The Morgan fingerprint density at radius 3 is 2.70 bits per heavy atom. The fourth-order valence-electron chi connectivity index (χ4n) is 2.60. The van der Waals surface area contributed by atoms with Crippen molar-refractivity contribution in [2.45, 2.75) is 4.90 Å².